The van der Waals surface area contributed by atoms with Gasteiger partial charge in [0.1, 0.15) is 12.6 Å². The number of methoxy groups -OCH3 is 2. The molecule has 0 saturated carbocycles. The van der Waals surface area contributed by atoms with Crippen LogP contribution in [0, 0.1) is 13.8 Å². The second-order valence-corrected chi connectivity index (χ2v) is 12.5. The SMILES string of the molecule is CC[C@H](C(=O)N[C@@H](C)CC)N(Cc1cccc(C)c1)C(=O)CN(c1ccc(C)cc1)S(=O)(=O)c1ccc(OC)c(OC)c1. The number of ether oxygens (including phenoxy) is 2. The van der Waals surface area contributed by atoms with Gasteiger partial charge >= 0.3 is 0 Å². The van der Waals surface area contributed by atoms with Crippen molar-refractivity contribution in [3.05, 3.63) is 83.4 Å². The van der Waals surface area contributed by atoms with Crippen molar-refractivity contribution in [1.29, 1.82) is 0 Å². The Hall–Kier alpha value is -4.05. The molecule has 232 valence electrons. The molecule has 1 N–H and O–H groups in total. The topological polar surface area (TPSA) is 105 Å². The number of carbonyl (C=O) groups excluding carboxylic acids is 2. The molecule has 0 spiro atoms. The van der Waals surface area contributed by atoms with Crippen molar-refractivity contribution in [3.8, 4) is 11.5 Å². The lowest BCUT2D eigenvalue weighted by atomic mass is 10.1. The van der Waals surface area contributed by atoms with Gasteiger partial charge in [0.2, 0.25) is 11.8 Å². The number of nitrogens with one attached hydrogen (secondary N) is 1. The summed E-state index contributed by atoms with van der Waals surface area (Å²) in [6.07, 6.45) is 1.09. The summed E-state index contributed by atoms with van der Waals surface area (Å²) >= 11 is 0. The van der Waals surface area contributed by atoms with Gasteiger partial charge in [-0.1, -0.05) is 61.4 Å². The van der Waals surface area contributed by atoms with Crippen molar-refractivity contribution in [3.63, 3.8) is 0 Å². The smallest absolute Gasteiger partial charge is 0.264 e. The van der Waals surface area contributed by atoms with Crippen LogP contribution in [0.3, 0.4) is 0 Å². The van der Waals surface area contributed by atoms with E-state index in [4.69, 9.17) is 9.47 Å². The zero-order valence-electron chi connectivity index (χ0n) is 26.1. The van der Waals surface area contributed by atoms with Gasteiger partial charge in [0.25, 0.3) is 10.0 Å². The predicted octanol–water partition coefficient (Wildman–Crippen LogP) is 5.24. The average molecular weight is 610 g/mol. The third-order valence-corrected chi connectivity index (χ3v) is 9.14. The maximum absolute atomic E-state index is 14.2. The van der Waals surface area contributed by atoms with Crippen LogP contribution in [0.2, 0.25) is 0 Å². The normalized spacial score (nSPS) is 12.6. The van der Waals surface area contributed by atoms with Gasteiger partial charge in [-0.05, 0) is 63.4 Å². The molecule has 0 heterocycles. The molecule has 0 saturated heterocycles. The molecular formula is C33H43N3O6S. The fourth-order valence-electron chi connectivity index (χ4n) is 4.71. The molecule has 9 nitrogen and oxygen atoms in total. The first kappa shape index (κ1) is 33.5. The minimum atomic E-state index is -4.26. The average Bonchev–Trinajstić information content (AvgIpc) is 2.99. The molecule has 0 aliphatic heterocycles. The van der Waals surface area contributed by atoms with Crippen molar-refractivity contribution < 1.29 is 27.5 Å². The summed E-state index contributed by atoms with van der Waals surface area (Å²) in [6.45, 7) is 9.20. The maximum atomic E-state index is 14.2. The van der Waals surface area contributed by atoms with E-state index in [1.807, 2.05) is 58.9 Å². The highest BCUT2D eigenvalue weighted by Crippen LogP contribution is 2.32. The number of rotatable bonds is 14. The van der Waals surface area contributed by atoms with E-state index < -0.39 is 28.5 Å². The predicted molar refractivity (Wildman–Crippen MR) is 169 cm³/mol. The van der Waals surface area contributed by atoms with Crippen molar-refractivity contribution >= 4 is 27.5 Å². The molecule has 0 aliphatic carbocycles. The molecule has 10 heteroatoms. The molecule has 0 aromatic heterocycles. The fourth-order valence-corrected chi connectivity index (χ4v) is 6.14. The van der Waals surface area contributed by atoms with Gasteiger partial charge in [0.15, 0.2) is 11.5 Å². The number of amides is 2. The summed E-state index contributed by atoms with van der Waals surface area (Å²) in [5.74, 6) is -0.158. The molecule has 43 heavy (non-hydrogen) atoms. The van der Waals surface area contributed by atoms with Crippen molar-refractivity contribution in [2.45, 2.75) is 71.0 Å². The van der Waals surface area contributed by atoms with E-state index in [2.05, 4.69) is 5.32 Å². The van der Waals surface area contributed by atoms with E-state index in [9.17, 15) is 18.0 Å². The van der Waals surface area contributed by atoms with E-state index in [-0.39, 0.29) is 29.1 Å². The van der Waals surface area contributed by atoms with Gasteiger partial charge in [0, 0.05) is 18.7 Å². The summed E-state index contributed by atoms with van der Waals surface area (Å²) < 4.78 is 40.1. The monoisotopic (exact) mass is 609 g/mol. The van der Waals surface area contributed by atoms with Gasteiger partial charge in [0.05, 0.1) is 24.8 Å². The number of aryl methyl sites for hydroxylation is 2. The van der Waals surface area contributed by atoms with Crippen LogP contribution < -0.4 is 19.1 Å². The van der Waals surface area contributed by atoms with E-state index in [1.165, 1.54) is 37.3 Å². The van der Waals surface area contributed by atoms with Crippen LogP contribution in [-0.4, -0.2) is 58.0 Å². The van der Waals surface area contributed by atoms with E-state index >= 15 is 0 Å². The maximum Gasteiger partial charge on any atom is 0.264 e. The summed E-state index contributed by atoms with van der Waals surface area (Å²) in [4.78, 5) is 29.1. The number of carbonyl (C=O) groups is 2. The molecular weight excluding hydrogens is 566 g/mol. The summed E-state index contributed by atoms with van der Waals surface area (Å²) in [5, 5.41) is 2.99. The molecule has 0 aliphatic rings. The van der Waals surface area contributed by atoms with Gasteiger partial charge in [-0.25, -0.2) is 8.42 Å². The highest BCUT2D eigenvalue weighted by Gasteiger charge is 2.34. The number of hydrogen-bond donors (Lipinski definition) is 1. The molecule has 3 rings (SSSR count). The van der Waals surface area contributed by atoms with Gasteiger partial charge < -0.3 is 19.7 Å². The van der Waals surface area contributed by atoms with Crippen LogP contribution in [0.25, 0.3) is 0 Å². The van der Waals surface area contributed by atoms with Crippen LogP contribution in [0.4, 0.5) is 5.69 Å². The number of benzene rings is 3. The molecule has 3 aromatic carbocycles. The molecule has 0 bridgehead atoms. The first-order valence-electron chi connectivity index (χ1n) is 14.4. The number of sulfonamides is 1. The van der Waals surface area contributed by atoms with E-state index in [1.54, 1.807) is 24.3 Å². The zero-order chi connectivity index (χ0) is 31.7. The van der Waals surface area contributed by atoms with Gasteiger partial charge in [-0.2, -0.15) is 0 Å². The second kappa shape index (κ2) is 14.9. The first-order valence-corrected chi connectivity index (χ1v) is 15.9. The quantitative estimate of drug-likeness (QED) is 0.268. The molecule has 0 radical (unpaired) electrons. The Morgan fingerprint density at radius 3 is 2.12 bits per heavy atom. The number of nitrogens with zero attached hydrogens (tertiary/aromatic N) is 2. The lowest BCUT2D eigenvalue weighted by Gasteiger charge is -2.34. The summed E-state index contributed by atoms with van der Waals surface area (Å²) in [6, 6.07) is 18.0. The van der Waals surface area contributed by atoms with Crippen LogP contribution in [0.5, 0.6) is 11.5 Å². The number of hydrogen-bond acceptors (Lipinski definition) is 6. The Balaban J connectivity index is 2.10. The largest absolute Gasteiger partial charge is 0.493 e. The molecule has 0 fully saturated rings. The lowest BCUT2D eigenvalue weighted by Crippen LogP contribution is -2.53. The Kier molecular flexibility index (Phi) is 11.6. The van der Waals surface area contributed by atoms with Gasteiger partial charge in [-0.15, -0.1) is 0 Å². The van der Waals surface area contributed by atoms with E-state index in [0.717, 1.165) is 27.4 Å². The number of anilines is 1. The molecule has 2 atom stereocenters. The standard InChI is InChI=1S/C33H43N3O6S/c1-8-25(5)34-33(38)29(9-2)35(21-26-12-10-11-24(4)19-26)32(37)22-36(27-15-13-23(3)14-16-27)43(39,40)28-17-18-30(41-6)31(20-28)42-7/h10-20,25,29H,8-9,21-22H2,1-7H3,(H,34,38)/t25-,29+/m0/s1. The summed E-state index contributed by atoms with van der Waals surface area (Å²) in [7, 11) is -1.37. The van der Waals surface area contributed by atoms with Crippen molar-refractivity contribution in [2.75, 3.05) is 25.1 Å². The third kappa shape index (κ3) is 8.28. The zero-order valence-corrected chi connectivity index (χ0v) is 26.9. The Labute approximate surface area is 255 Å². The van der Waals surface area contributed by atoms with Gasteiger partial charge in [-0.3, -0.25) is 13.9 Å². The first-order chi connectivity index (χ1) is 20.4. The van der Waals surface area contributed by atoms with Crippen molar-refractivity contribution in [1.82, 2.24) is 10.2 Å². The Bertz CT molecular complexity index is 1510. The third-order valence-electron chi connectivity index (χ3n) is 7.37. The lowest BCUT2D eigenvalue weighted by molar-refractivity contribution is -0.140. The van der Waals surface area contributed by atoms with E-state index in [0.29, 0.717) is 17.9 Å². The second-order valence-electron chi connectivity index (χ2n) is 10.6. The highest BCUT2D eigenvalue weighted by atomic mass is 32.2. The Morgan fingerprint density at radius 2 is 1.53 bits per heavy atom. The fraction of sp³-hybridized carbons (Fsp3) is 0.394. The minimum Gasteiger partial charge on any atom is -0.493 e. The summed E-state index contributed by atoms with van der Waals surface area (Å²) in [5.41, 5.74) is 3.11. The van der Waals surface area contributed by atoms with Crippen LogP contribution >= 0.6 is 0 Å². The van der Waals surface area contributed by atoms with Crippen LogP contribution in [0.15, 0.2) is 71.6 Å². The van der Waals surface area contributed by atoms with Crippen LogP contribution in [0.1, 0.15) is 50.3 Å². The Morgan fingerprint density at radius 1 is 0.860 bits per heavy atom. The minimum absolute atomic E-state index is 0.0645. The molecule has 3 aromatic rings. The molecule has 2 amide bonds. The van der Waals surface area contributed by atoms with Crippen molar-refractivity contribution in [2.24, 2.45) is 0 Å². The van der Waals surface area contributed by atoms with Crippen LogP contribution in [-0.2, 0) is 26.2 Å². The molecule has 0 unspecified atom stereocenters. The highest BCUT2D eigenvalue weighted by molar-refractivity contribution is 7.92.